The number of hydrogen-bond donors (Lipinski definition) is 4. The molecule has 1 aliphatic heterocycles. The van der Waals surface area contributed by atoms with Gasteiger partial charge in [-0.2, -0.15) is 0 Å². The molecule has 0 radical (unpaired) electrons. The minimum Gasteiger partial charge on any atom is -0.494 e. The number of ether oxygens (including phenoxy) is 2. The van der Waals surface area contributed by atoms with Gasteiger partial charge in [0.2, 0.25) is 5.91 Å². The molecular weight excluding hydrogens is 412 g/mol. The first-order valence-corrected chi connectivity index (χ1v) is 10.6. The van der Waals surface area contributed by atoms with Crippen LogP contribution in [-0.2, 0) is 9.53 Å². The van der Waals surface area contributed by atoms with Gasteiger partial charge in [0.15, 0.2) is 0 Å². The van der Waals surface area contributed by atoms with E-state index in [-0.39, 0.29) is 30.5 Å². The molecule has 1 heterocycles. The second-order valence-electron chi connectivity index (χ2n) is 7.24. The first-order chi connectivity index (χ1) is 15.5. The predicted octanol–water partition coefficient (Wildman–Crippen LogP) is 2.75. The van der Waals surface area contributed by atoms with Crippen molar-refractivity contribution in [3.05, 3.63) is 54.1 Å². The molecule has 1 saturated heterocycles. The molecule has 1 fully saturated rings. The highest BCUT2D eigenvalue weighted by molar-refractivity contribution is 5.99. The van der Waals surface area contributed by atoms with E-state index in [2.05, 4.69) is 21.3 Å². The molecule has 1 aliphatic rings. The molecule has 1 unspecified atom stereocenters. The van der Waals surface area contributed by atoms with E-state index in [0.717, 1.165) is 19.4 Å². The fraction of sp³-hybridized carbons (Fsp3) is 0.348. The highest BCUT2D eigenvalue weighted by Gasteiger charge is 2.16. The first-order valence-electron chi connectivity index (χ1n) is 10.6. The smallest absolute Gasteiger partial charge is 0.319 e. The summed E-state index contributed by atoms with van der Waals surface area (Å²) < 4.78 is 10.8. The maximum absolute atomic E-state index is 12.2. The molecule has 0 aliphatic carbocycles. The van der Waals surface area contributed by atoms with Crippen LogP contribution in [-0.4, -0.2) is 50.3 Å². The average Bonchev–Trinajstić information content (AvgIpc) is 3.32. The molecule has 9 heteroatoms. The Bertz CT molecular complexity index is 909. The summed E-state index contributed by atoms with van der Waals surface area (Å²) in [5, 5.41) is 10.8. The molecule has 170 valence electrons. The zero-order valence-electron chi connectivity index (χ0n) is 18.0. The van der Waals surface area contributed by atoms with Crippen LogP contribution in [0.2, 0.25) is 0 Å². The van der Waals surface area contributed by atoms with Gasteiger partial charge in [0.1, 0.15) is 5.75 Å². The summed E-state index contributed by atoms with van der Waals surface area (Å²) in [4.78, 5) is 36.2. The highest BCUT2D eigenvalue weighted by atomic mass is 16.5. The van der Waals surface area contributed by atoms with Crippen LogP contribution in [0.15, 0.2) is 48.5 Å². The number of carbonyl (C=O) groups excluding carboxylic acids is 3. The summed E-state index contributed by atoms with van der Waals surface area (Å²) in [6.45, 7) is 3.48. The van der Waals surface area contributed by atoms with Gasteiger partial charge in [-0.25, -0.2) is 4.79 Å². The summed E-state index contributed by atoms with van der Waals surface area (Å²) in [5.74, 6) is -0.0314. The van der Waals surface area contributed by atoms with Crippen LogP contribution in [0.25, 0.3) is 0 Å². The van der Waals surface area contributed by atoms with Crippen molar-refractivity contribution >= 4 is 29.2 Å². The molecule has 32 heavy (non-hydrogen) atoms. The molecule has 9 nitrogen and oxygen atoms in total. The van der Waals surface area contributed by atoms with E-state index in [1.54, 1.807) is 48.5 Å². The van der Waals surface area contributed by atoms with Gasteiger partial charge in [-0.05, 0) is 68.3 Å². The molecule has 2 aromatic carbocycles. The van der Waals surface area contributed by atoms with Gasteiger partial charge in [-0.15, -0.1) is 0 Å². The highest BCUT2D eigenvalue weighted by Crippen LogP contribution is 2.14. The maximum atomic E-state index is 12.2. The van der Waals surface area contributed by atoms with E-state index in [1.807, 2.05) is 6.92 Å². The molecule has 0 spiro atoms. The zero-order valence-corrected chi connectivity index (χ0v) is 18.0. The van der Waals surface area contributed by atoms with Gasteiger partial charge in [-0.3, -0.25) is 9.59 Å². The monoisotopic (exact) mass is 440 g/mol. The number of nitrogens with one attached hydrogen (secondary N) is 4. The van der Waals surface area contributed by atoms with E-state index in [9.17, 15) is 14.4 Å². The Kier molecular flexibility index (Phi) is 8.44. The average molecular weight is 441 g/mol. The van der Waals surface area contributed by atoms with Gasteiger partial charge in [0, 0.05) is 30.1 Å². The van der Waals surface area contributed by atoms with E-state index >= 15 is 0 Å². The molecule has 2 aromatic rings. The van der Waals surface area contributed by atoms with Crippen LogP contribution in [0.4, 0.5) is 16.2 Å². The molecule has 0 bridgehead atoms. The van der Waals surface area contributed by atoms with Crippen molar-refractivity contribution in [2.75, 3.05) is 36.9 Å². The first kappa shape index (κ1) is 23.1. The van der Waals surface area contributed by atoms with Gasteiger partial charge >= 0.3 is 6.03 Å². The molecule has 4 N–H and O–H groups in total. The van der Waals surface area contributed by atoms with E-state index in [4.69, 9.17) is 9.47 Å². The van der Waals surface area contributed by atoms with Gasteiger partial charge in [0.05, 0.1) is 19.3 Å². The molecule has 1 atom stereocenters. The third-order valence-corrected chi connectivity index (χ3v) is 4.78. The Morgan fingerprint density at radius 2 is 1.66 bits per heavy atom. The lowest BCUT2D eigenvalue weighted by Gasteiger charge is -2.12. The molecule has 0 aromatic heterocycles. The largest absolute Gasteiger partial charge is 0.494 e. The van der Waals surface area contributed by atoms with E-state index in [0.29, 0.717) is 35.8 Å². The number of urea groups is 1. The Morgan fingerprint density at radius 1 is 0.969 bits per heavy atom. The lowest BCUT2D eigenvalue weighted by molar-refractivity contribution is -0.115. The Morgan fingerprint density at radius 3 is 2.28 bits per heavy atom. The van der Waals surface area contributed by atoms with Gasteiger partial charge in [0.25, 0.3) is 5.91 Å². The summed E-state index contributed by atoms with van der Waals surface area (Å²) in [6, 6.07) is 13.1. The number of benzene rings is 2. The summed E-state index contributed by atoms with van der Waals surface area (Å²) in [5.41, 5.74) is 1.58. The molecule has 4 amide bonds. The quantitative estimate of drug-likeness (QED) is 0.478. The number of hydrogen-bond acceptors (Lipinski definition) is 5. The second kappa shape index (κ2) is 11.7. The van der Waals surface area contributed by atoms with Crippen molar-refractivity contribution in [2.45, 2.75) is 25.9 Å². The number of amides is 4. The number of anilines is 2. The SMILES string of the molecule is CCOc1ccc(C(=O)NCC(=O)Nc2ccc(NC(=O)NCC3CCCO3)cc2)cc1. The van der Waals surface area contributed by atoms with Crippen molar-refractivity contribution in [3.63, 3.8) is 0 Å². The van der Waals surface area contributed by atoms with Crippen molar-refractivity contribution in [1.29, 1.82) is 0 Å². The van der Waals surface area contributed by atoms with Crippen LogP contribution >= 0.6 is 0 Å². The van der Waals surface area contributed by atoms with Crippen LogP contribution in [0, 0.1) is 0 Å². The summed E-state index contributed by atoms with van der Waals surface area (Å²) >= 11 is 0. The number of rotatable bonds is 9. The van der Waals surface area contributed by atoms with Gasteiger partial charge in [-0.1, -0.05) is 0 Å². The lowest BCUT2D eigenvalue weighted by atomic mass is 10.2. The van der Waals surface area contributed by atoms with E-state index < -0.39 is 0 Å². The van der Waals surface area contributed by atoms with Crippen molar-refractivity contribution in [3.8, 4) is 5.75 Å². The second-order valence-corrected chi connectivity index (χ2v) is 7.24. The number of carbonyl (C=O) groups is 3. The van der Waals surface area contributed by atoms with Crippen molar-refractivity contribution in [2.24, 2.45) is 0 Å². The third-order valence-electron chi connectivity index (χ3n) is 4.78. The van der Waals surface area contributed by atoms with Crippen LogP contribution < -0.4 is 26.0 Å². The molecule has 0 saturated carbocycles. The van der Waals surface area contributed by atoms with Crippen LogP contribution in [0.3, 0.4) is 0 Å². The van der Waals surface area contributed by atoms with Crippen molar-refractivity contribution < 1.29 is 23.9 Å². The molecule has 3 rings (SSSR count). The Labute approximate surface area is 186 Å². The van der Waals surface area contributed by atoms with E-state index in [1.165, 1.54) is 0 Å². The topological polar surface area (TPSA) is 118 Å². The van der Waals surface area contributed by atoms with Gasteiger partial charge < -0.3 is 30.7 Å². The summed E-state index contributed by atoms with van der Waals surface area (Å²) in [6.07, 6.45) is 2.05. The van der Waals surface area contributed by atoms with Crippen LogP contribution in [0.5, 0.6) is 5.75 Å². The maximum Gasteiger partial charge on any atom is 0.319 e. The normalized spacial score (nSPS) is 15.0. The predicted molar refractivity (Wildman–Crippen MR) is 121 cm³/mol. The zero-order chi connectivity index (χ0) is 22.8. The molecular formula is C23H28N4O5. The van der Waals surface area contributed by atoms with Crippen LogP contribution in [0.1, 0.15) is 30.1 Å². The minimum atomic E-state index is -0.362. The standard InChI is InChI=1S/C23H28N4O5/c1-2-31-19-11-5-16(6-12-19)22(29)24-15-21(28)26-17-7-9-18(10-8-17)27-23(30)25-14-20-4-3-13-32-20/h5-12,20H,2-4,13-15H2,1H3,(H,24,29)(H,26,28)(H2,25,27,30). The fourth-order valence-electron chi connectivity index (χ4n) is 3.16. The Balaban J connectivity index is 1.39. The third kappa shape index (κ3) is 7.28. The summed E-state index contributed by atoms with van der Waals surface area (Å²) in [7, 11) is 0. The van der Waals surface area contributed by atoms with Crippen molar-refractivity contribution in [1.82, 2.24) is 10.6 Å². The Hall–Kier alpha value is -3.59. The lowest BCUT2D eigenvalue weighted by Crippen LogP contribution is -2.35. The minimum absolute atomic E-state index is 0.0771. The fourth-order valence-corrected chi connectivity index (χ4v) is 3.16.